The minimum Gasteiger partial charge on any atom is -0.383 e. The third kappa shape index (κ3) is 5.00. The first-order valence-corrected chi connectivity index (χ1v) is 10.5. The van der Waals surface area contributed by atoms with Crippen molar-refractivity contribution < 1.29 is 4.79 Å². The van der Waals surface area contributed by atoms with E-state index in [1.807, 2.05) is 37.3 Å². The van der Waals surface area contributed by atoms with E-state index in [1.54, 1.807) is 0 Å². The van der Waals surface area contributed by atoms with Crippen LogP contribution in [0.25, 0.3) is 0 Å². The molecule has 0 aliphatic heterocycles. The van der Waals surface area contributed by atoms with Gasteiger partial charge < -0.3 is 5.73 Å². The van der Waals surface area contributed by atoms with E-state index in [1.165, 1.54) is 27.7 Å². The molecule has 3 N–H and O–H groups in total. The van der Waals surface area contributed by atoms with E-state index in [-0.39, 0.29) is 28.6 Å². The van der Waals surface area contributed by atoms with Gasteiger partial charge in [0.2, 0.25) is 0 Å². The van der Waals surface area contributed by atoms with Gasteiger partial charge in [0.05, 0.1) is 16.6 Å². The first-order chi connectivity index (χ1) is 14.8. The van der Waals surface area contributed by atoms with E-state index < -0.39 is 17.2 Å². The fourth-order valence-corrected chi connectivity index (χ4v) is 3.48. The van der Waals surface area contributed by atoms with Crippen LogP contribution in [-0.2, 0) is 13.1 Å². The van der Waals surface area contributed by atoms with Crippen molar-refractivity contribution in [3.63, 3.8) is 0 Å². The number of H-pyrrole nitrogens is 1. The Morgan fingerprint density at radius 2 is 1.81 bits per heavy atom. The van der Waals surface area contributed by atoms with Gasteiger partial charge in [-0.3, -0.25) is 24.0 Å². The third-order valence-corrected chi connectivity index (χ3v) is 5.55. The van der Waals surface area contributed by atoms with Gasteiger partial charge in [-0.1, -0.05) is 66.9 Å². The highest BCUT2D eigenvalue weighted by molar-refractivity contribution is 6.42. The van der Waals surface area contributed by atoms with Crippen molar-refractivity contribution in [2.45, 2.75) is 32.9 Å². The molecular formula is C22H22Cl2N4O3. The Balaban J connectivity index is 2.16. The van der Waals surface area contributed by atoms with Crippen molar-refractivity contribution in [3.05, 3.63) is 90.5 Å². The fourth-order valence-electron chi connectivity index (χ4n) is 3.18. The highest BCUT2D eigenvalue weighted by atomic mass is 35.5. The quantitative estimate of drug-likeness (QED) is 0.554. The number of anilines is 2. The van der Waals surface area contributed by atoms with E-state index in [9.17, 15) is 14.4 Å². The molecule has 1 amide bonds. The summed E-state index contributed by atoms with van der Waals surface area (Å²) in [5, 5.41) is 0.514. The SMILES string of the molecule is CCCCn1c(N)c(N(Cc2ccccc2)C(=O)c2ccc(Cl)c(Cl)c2)c(=O)[nH]c1=O. The Bertz CT molecular complexity index is 1210. The van der Waals surface area contributed by atoms with Crippen molar-refractivity contribution in [2.24, 2.45) is 0 Å². The minimum absolute atomic E-state index is 0.0634. The summed E-state index contributed by atoms with van der Waals surface area (Å²) in [6.07, 6.45) is 1.52. The lowest BCUT2D eigenvalue weighted by Gasteiger charge is -2.25. The average Bonchev–Trinajstić information content (AvgIpc) is 2.75. The number of nitrogens with zero attached hydrogens (tertiary/aromatic N) is 2. The van der Waals surface area contributed by atoms with Crippen LogP contribution < -0.4 is 21.9 Å². The number of amides is 1. The summed E-state index contributed by atoms with van der Waals surface area (Å²) < 4.78 is 1.28. The van der Waals surface area contributed by atoms with Crippen molar-refractivity contribution in [1.29, 1.82) is 0 Å². The van der Waals surface area contributed by atoms with Crippen molar-refractivity contribution in [2.75, 3.05) is 10.6 Å². The number of hydrogen-bond acceptors (Lipinski definition) is 4. The zero-order valence-electron chi connectivity index (χ0n) is 16.9. The van der Waals surface area contributed by atoms with Gasteiger partial charge in [0, 0.05) is 12.1 Å². The smallest absolute Gasteiger partial charge is 0.330 e. The molecule has 0 spiro atoms. The molecule has 1 aromatic heterocycles. The van der Waals surface area contributed by atoms with Crippen LogP contribution in [0.2, 0.25) is 10.0 Å². The molecule has 31 heavy (non-hydrogen) atoms. The lowest BCUT2D eigenvalue weighted by atomic mass is 10.1. The molecule has 3 rings (SSSR count). The number of unbranched alkanes of at least 4 members (excludes halogenated alkanes) is 1. The number of nitrogen functional groups attached to an aromatic ring is 1. The Kier molecular flexibility index (Phi) is 7.20. The topological polar surface area (TPSA) is 101 Å². The zero-order chi connectivity index (χ0) is 22.5. The maximum atomic E-state index is 13.5. The molecule has 7 nitrogen and oxygen atoms in total. The van der Waals surface area contributed by atoms with Crippen LogP contribution >= 0.6 is 23.2 Å². The molecular weight excluding hydrogens is 439 g/mol. The van der Waals surface area contributed by atoms with Gasteiger partial charge in [-0.05, 0) is 30.2 Å². The van der Waals surface area contributed by atoms with E-state index in [0.717, 1.165) is 12.0 Å². The third-order valence-electron chi connectivity index (χ3n) is 4.81. The Hall–Kier alpha value is -3.03. The molecule has 0 radical (unpaired) electrons. The second-order valence-electron chi connectivity index (χ2n) is 7.00. The Morgan fingerprint density at radius 1 is 1.10 bits per heavy atom. The number of hydrogen-bond donors (Lipinski definition) is 2. The summed E-state index contributed by atoms with van der Waals surface area (Å²) in [6, 6.07) is 13.6. The summed E-state index contributed by atoms with van der Waals surface area (Å²) in [5.74, 6) is -0.563. The molecule has 0 saturated heterocycles. The normalized spacial score (nSPS) is 10.8. The maximum absolute atomic E-state index is 13.5. The van der Waals surface area contributed by atoms with E-state index in [0.29, 0.717) is 18.0 Å². The molecule has 1 heterocycles. The van der Waals surface area contributed by atoms with Gasteiger partial charge in [-0.2, -0.15) is 0 Å². The number of nitrogens with two attached hydrogens (primary N) is 1. The number of carbonyl (C=O) groups is 1. The van der Waals surface area contributed by atoms with Gasteiger partial charge in [0.25, 0.3) is 11.5 Å². The first kappa shape index (κ1) is 22.7. The first-order valence-electron chi connectivity index (χ1n) is 9.77. The van der Waals surface area contributed by atoms with Gasteiger partial charge >= 0.3 is 5.69 Å². The lowest BCUT2D eigenvalue weighted by molar-refractivity contribution is 0.0984. The standard InChI is InChI=1S/C22H22Cl2N4O3/c1-2-3-11-27-19(25)18(20(29)26-22(27)31)28(13-14-7-5-4-6-8-14)21(30)15-9-10-16(23)17(24)12-15/h4-10,12H,2-3,11,13,25H2,1H3,(H,26,29,31). The molecule has 0 bridgehead atoms. The zero-order valence-corrected chi connectivity index (χ0v) is 18.4. The number of aromatic nitrogens is 2. The largest absolute Gasteiger partial charge is 0.383 e. The van der Waals surface area contributed by atoms with Crippen LogP contribution in [-0.4, -0.2) is 15.5 Å². The van der Waals surface area contributed by atoms with Crippen LogP contribution in [0, 0.1) is 0 Å². The van der Waals surface area contributed by atoms with Crippen molar-refractivity contribution in [1.82, 2.24) is 9.55 Å². The molecule has 0 saturated carbocycles. The van der Waals surface area contributed by atoms with Crippen LogP contribution in [0.1, 0.15) is 35.7 Å². The van der Waals surface area contributed by atoms with Crippen LogP contribution in [0.4, 0.5) is 11.5 Å². The minimum atomic E-state index is -0.736. The highest BCUT2D eigenvalue weighted by Crippen LogP contribution is 2.26. The summed E-state index contributed by atoms with van der Waals surface area (Å²) in [6.45, 7) is 2.37. The molecule has 3 aromatic rings. The Morgan fingerprint density at radius 3 is 2.45 bits per heavy atom. The van der Waals surface area contributed by atoms with Crippen LogP contribution in [0.3, 0.4) is 0 Å². The molecule has 0 unspecified atom stereocenters. The van der Waals surface area contributed by atoms with Gasteiger partial charge in [-0.15, -0.1) is 0 Å². The summed E-state index contributed by atoms with van der Waals surface area (Å²) >= 11 is 12.1. The molecule has 162 valence electrons. The average molecular weight is 461 g/mol. The Labute approximate surface area is 189 Å². The van der Waals surface area contributed by atoms with Gasteiger partial charge in [0.1, 0.15) is 5.82 Å². The summed E-state index contributed by atoms with van der Waals surface area (Å²) in [7, 11) is 0. The van der Waals surface area contributed by atoms with E-state index in [4.69, 9.17) is 28.9 Å². The molecule has 0 aliphatic carbocycles. The van der Waals surface area contributed by atoms with Crippen LogP contribution in [0.15, 0.2) is 58.1 Å². The van der Waals surface area contributed by atoms with E-state index in [2.05, 4.69) is 4.98 Å². The van der Waals surface area contributed by atoms with E-state index >= 15 is 0 Å². The number of aromatic amines is 1. The highest BCUT2D eigenvalue weighted by Gasteiger charge is 2.26. The second kappa shape index (κ2) is 9.85. The number of nitrogens with one attached hydrogen (secondary N) is 1. The summed E-state index contributed by atoms with van der Waals surface area (Å²) in [4.78, 5) is 42.1. The van der Waals surface area contributed by atoms with Gasteiger partial charge in [0.15, 0.2) is 5.69 Å². The maximum Gasteiger partial charge on any atom is 0.330 e. The fraction of sp³-hybridized carbons (Fsp3) is 0.227. The number of carbonyl (C=O) groups excluding carboxylic acids is 1. The second-order valence-corrected chi connectivity index (χ2v) is 7.82. The predicted octanol–water partition coefficient (Wildman–Crippen LogP) is 4.07. The molecule has 0 atom stereocenters. The number of halogens is 2. The molecule has 2 aromatic carbocycles. The number of benzene rings is 2. The van der Waals surface area contributed by atoms with Gasteiger partial charge in [-0.25, -0.2) is 4.79 Å². The predicted molar refractivity (Wildman–Crippen MR) is 124 cm³/mol. The lowest BCUT2D eigenvalue weighted by Crippen LogP contribution is -2.41. The van der Waals surface area contributed by atoms with Crippen molar-refractivity contribution in [3.8, 4) is 0 Å². The summed E-state index contributed by atoms with van der Waals surface area (Å²) in [5.41, 5.74) is 5.83. The number of rotatable bonds is 7. The van der Waals surface area contributed by atoms with Crippen molar-refractivity contribution >= 4 is 40.6 Å². The van der Waals surface area contributed by atoms with Crippen LogP contribution in [0.5, 0.6) is 0 Å². The molecule has 0 fully saturated rings. The molecule has 9 heteroatoms. The monoisotopic (exact) mass is 460 g/mol. The molecule has 0 aliphatic rings.